The Hall–Kier alpha value is -3.64. The van der Waals surface area contributed by atoms with Crippen LogP contribution in [0.25, 0.3) is 10.9 Å². The van der Waals surface area contributed by atoms with Crippen molar-refractivity contribution in [3.8, 4) is 0 Å². The normalized spacial score (nSPS) is 21.6. The molecule has 43 heavy (non-hydrogen) atoms. The predicted octanol–water partition coefficient (Wildman–Crippen LogP) is 4.99. The lowest BCUT2D eigenvalue weighted by Gasteiger charge is -2.26. The largest absolute Gasteiger partial charge is 0.377 e. The minimum absolute atomic E-state index is 0.0410. The number of carbonyl (C=O) groups is 1. The minimum Gasteiger partial charge on any atom is -0.377 e. The first-order valence-corrected chi connectivity index (χ1v) is 16.0. The van der Waals surface area contributed by atoms with E-state index in [0.717, 1.165) is 24.0 Å². The van der Waals surface area contributed by atoms with E-state index in [4.69, 9.17) is 16.6 Å². The molecular weight excluding hydrogens is 591 g/mol. The van der Waals surface area contributed by atoms with Crippen molar-refractivity contribution in [3.63, 3.8) is 0 Å². The molecule has 3 aliphatic rings. The number of anilines is 2. The number of amides is 1. The van der Waals surface area contributed by atoms with E-state index in [1.54, 1.807) is 25.4 Å². The summed E-state index contributed by atoms with van der Waals surface area (Å²) < 4.78 is 20.6. The fourth-order valence-electron chi connectivity index (χ4n) is 6.66. The van der Waals surface area contributed by atoms with Gasteiger partial charge in [0, 0.05) is 43.9 Å². The highest BCUT2D eigenvalue weighted by Gasteiger charge is 2.59. The summed E-state index contributed by atoms with van der Waals surface area (Å²) in [4.78, 5) is 38.5. The summed E-state index contributed by atoms with van der Waals surface area (Å²) in [5, 5.41) is 8.59. The fraction of sp³-hybridized carbons (Fsp3) is 0.433. The van der Waals surface area contributed by atoms with Crippen LogP contribution in [0.15, 0.2) is 35.3 Å². The summed E-state index contributed by atoms with van der Waals surface area (Å²) in [6.45, 7) is 5.35. The van der Waals surface area contributed by atoms with Gasteiger partial charge in [-0.25, -0.2) is 14.4 Å². The number of aryl methyl sites for hydroxylation is 2. The minimum atomic E-state index is -0.358. The summed E-state index contributed by atoms with van der Waals surface area (Å²) in [7, 11) is 1.74. The van der Waals surface area contributed by atoms with Crippen LogP contribution in [-0.2, 0) is 7.05 Å². The first-order valence-electron chi connectivity index (χ1n) is 14.4. The molecule has 3 fully saturated rings. The van der Waals surface area contributed by atoms with Gasteiger partial charge in [0.2, 0.25) is 5.95 Å². The Kier molecular flexibility index (Phi) is 6.88. The summed E-state index contributed by atoms with van der Waals surface area (Å²) in [6, 6.07) is 7.13. The molecule has 1 amide bonds. The van der Waals surface area contributed by atoms with E-state index >= 15 is 0 Å². The first-order chi connectivity index (χ1) is 20.6. The number of fused-ring (bicyclic) bond motifs is 2. The smallest absolute Gasteiger partial charge is 0.281 e. The van der Waals surface area contributed by atoms with Gasteiger partial charge >= 0.3 is 0 Å². The van der Waals surface area contributed by atoms with Crippen molar-refractivity contribution in [3.05, 3.63) is 74.3 Å². The molecule has 224 valence electrons. The maximum absolute atomic E-state index is 14.5. The third kappa shape index (κ3) is 4.94. The van der Waals surface area contributed by atoms with Crippen LogP contribution in [0.1, 0.15) is 65.1 Å². The predicted molar refractivity (Wildman–Crippen MR) is 166 cm³/mol. The van der Waals surface area contributed by atoms with Crippen molar-refractivity contribution < 1.29 is 9.18 Å². The van der Waals surface area contributed by atoms with Crippen LogP contribution in [0.3, 0.4) is 0 Å². The van der Waals surface area contributed by atoms with Gasteiger partial charge in [-0.2, -0.15) is 5.10 Å². The maximum atomic E-state index is 14.5. The molecule has 1 saturated heterocycles. The van der Waals surface area contributed by atoms with Gasteiger partial charge in [-0.15, -0.1) is 0 Å². The van der Waals surface area contributed by atoms with Gasteiger partial charge in [0.1, 0.15) is 10.8 Å². The number of nitrogens with zero attached hydrogens (tertiary/aromatic N) is 6. The number of hydrogen-bond acceptors (Lipinski definition) is 8. The average Bonchev–Trinajstić information content (AvgIpc) is 3.85. The molecule has 2 saturated carbocycles. The first kappa shape index (κ1) is 28.1. The molecule has 0 spiro atoms. The van der Waals surface area contributed by atoms with E-state index in [1.807, 2.05) is 30.5 Å². The molecule has 3 atom stereocenters. The fourth-order valence-corrected chi connectivity index (χ4v) is 7.09. The molecule has 7 rings (SSSR count). The number of halogens is 2. The number of hydrogen-bond donors (Lipinski definition) is 2. The van der Waals surface area contributed by atoms with Crippen LogP contribution in [0, 0.1) is 24.6 Å². The van der Waals surface area contributed by atoms with Crippen LogP contribution < -0.4 is 20.5 Å². The second-order valence-electron chi connectivity index (χ2n) is 11.9. The monoisotopic (exact) mass is 622 g/mol. The second-order valence-corrected chi connectivity index (χ2v) is 12.9. The van der Waals surface area contributed by atoms with Crippen LogP contribution in [0.4, 0.5) is 16.0 Å². The number of piperidine rings is 1. The maximum Gasteiger partial charge on any atom is 0.281 e. The number of aromatic nitrogens is 5. The summed E-state index contributed by atoms with van der Waals surface area (Å²) in [5.41, 5.74) is 3.64. The Morgan fingerprint density at radius 2 is 1.93 bits per heavy atom. The lowest BCUT2D eigenvalue weighted by atomic mass is 10.0. The number of rotatable bonds is 8. The molecule has 2 aliphatic carbocycles. The van der Waals surface area contributed by atoms with Gasteiger partial charge in [0.05, 0.1) is 28.8 Å². The lowest BCUT2D eigenvalue weighted by molar-refractivity contribution is 0.0980. The molecule has 4 heterocycles. The molecule has 4 aromatic rings. The highest BCUT2D eigenvalue weighted by atomic mass is 35.5. The standard InChI is InChI=1S/C30H32ClFN8O2S/c1-14-9-17(15(2)33-22-7-8-23(31)34-27(22)28(41)37-43-4)25-18(10-14)29(42)40(16-5-6-16)30(35-25)39-11-19-20(12-39)24(19)26-21(32)13-38(3)36-26/h7-10,13,15-16,19-20,24,33H,5-6,11-12H2,1-4H3,(H,37,41). The van der Waals surface area contributed by atoms with E-state index in [1.165, 1.54) is 22.8 Å². The number of nitrogens with one attached hydrogen (secondary N) is 2. The molecule has 3 aromatic heterocycles. The Morgan fingerprint density at radius 1 is 1.19 bits per heavy atom. The topological polar surface area (TPSA) is 110 Å². The zero-order chi connectivity index (χ0) is 30.2. The average molecular weight is 623 g/mol. The van der Waals surface area contributed by atoms with E-state index in [-0.39, 0.29) is 58.0 Å². The summed E-state index contributed by atoms with van der Waals surface area (Å²) >= 11 is 7.30. The zero-order valence-corrected chi connectivity index (χ0v) is 25.8. The van der Waals surface area contributed by atoms with Crippen LogP contribution >= 0.6 is 23.5 Å². The van der Waals surface area contributed by atoms with Gasteiger partial charge in [-0.05, 0) is 62.3 Å². The molecule has 1 aromatic carbocycles. The van der Waals surface area contributed by atoms with Crippen molar-refractivity contribution in [2.45, 2.75) is 44.7 Å². The van der Waals surface area contributed by atoms with Crippen LogP contribution in [0.2, 0.25) is 5.15 Å². The van der Waals surface area contributed by atoms with Crippen molar-refractivity contribution in [1.29, 1.82) is 0 Å². The van der Waals surface area contributed by atoms with Gasteiger partial charge in [0.25, 0.3) is 11.5 Å². The quantitative estimate of drug-likeness (QED) is 0.209. The molecule has 13 heteroatoms. The highest BCUT2D eigenvalue weighted by molar-refractivity contribution is 7.97. The Bertz CT molecular complexity index is 1830. The zero-order valence-electron chi connectivity index (χ0n) is 24.3. The Morgan fingerprint density at radius 3 is 2.58 bits per heavy atom. The van der Waals surface area contributed by atoms with Crippen molar-refractivity contribution in [1.82, 2.24) is 29.0 Å². The van der Waals surface area contributed by atoms with Gasteiger partial charge in [-0.1, -0.05) is 29.6 Å². The SMILES string of the molecule is CSNC(=O)c1nc(Cl)ccc1NC(C)c1cc(C)cc2c(=O)n(C3CC3)c(N3CC4C(C3)C4c3nn(C)cc3F)nc12. The highest BCUT2D eigenvalue weighted by Crippen LogP contribution is 2.59. The molecule has 10 nitrogen and oxygen atoms in total. The lowest BCUT2D eigenvalue weighted by Crippen LogP contribution is -2.33. The number of carbonyl (C=O) groups excluding carboxylic acids is 1. The van der Waals surface area contributed by atoms with Gasteiger partial charge in [-0.3, -0.25) is 23.6 Å². The summed E-state index contributed by atoms with van der Waals surface area (Å²) in [5.74, 6) is 0.739. The summed E-state index contributed by atoms with van der Waals surface area (Å²) in [6.07, 6.45) is 5.08. The number of benzene rings is 1. The molecule has 1 aliphatic heterocycles. The van der Waals surface area contributed by atoms with E-state index < -0.39 is 0 Å². The number of pyridine rings is 1. The molecule has 3 unspecified atom stereocenters. The Balaban J connectivity index is 1.25. The van der Waals surface area contributed by atoms with Crippen LogP contribution in [0.5, 0.6) is 0 Å². The van der Waals surface area contributed by atoms with E-state index in [9.17, 15) is 14.0 Å². The van der Waals surface area contributed by atoms with E-state index in [2.05, 4.69) is 25.0 Å². The second kappa shape index (κ2) is 10.5. The molecular formula is C30H32ClFN8O2S. The van der Waals surface area contributed by atoms with Gasteiger partial charge in [0.15, 0.2) is 11.5 Å². The van der Waals surface area contributed by atoms with Crippen molar-refractivity contribution >= 4 is 52.0 Å². The third-order valence-electron chi connectivity index (χ3n) is 8.78. The van der Waals surface area contributed by atoms with Crippen molar-refractivity contribution in [2.75, 3.05) is 29.6 Å². The third-order valence-corrected chi connectivity index (χ3v) is 9.38. The Labute approximate surface area is 257 Å². The molecule has 0 bridgehead atoms. The van der Waals surface area contributed by atoms with E-state index in [0.29, 0.717) is 41.3 Å². The van der Waals surface area contributed by atoms with Crippen molar-refractivity contribution in [2.24, 2.45) is 18.9 Å². The van der Waals surface area contributed by atoms with Crippen LogP contribution in [-0.4, -0.2) is 49.6 Å². The molecule has 0 radical (unpaired) electrons. The molecule has 2 N–H and O–H groups in total. The van der Waals surface area contributed by atoms with Gasteiger partial charge < -0.3 is 10.2 Å².